The lowest BCUT2D eigenvalue weighted by molar-refractivity contribution is 0.0655. The lowest BCUT2D eigenvalue weighted by atomic mass is 10.1. The molecule has 9 heteroatoms. The second kappa shape index (κ2) is 8.69. The molecule has 1 saturated heterocycles. The summed E-state index contributed by atoms with van der Waals surface area (Å²) >= 11 is 0. The lowest BCUT2D eigenvalue weighted by Crippen LogP contribution is -2.52. The maximum atomic E-state index is 13.0. The van der Waals surface area contributed by atoms with Gasteiger partial charge in [0.05, 0.1) is 4.90 Å². The molecule has 1 heterocycles. The van der Waals surface area contributed by atoms with Gasteiger partial charge in [0.15, 0.2) is 0 Å². The monoisotopic (exact) mass is 413 g/mol. The third kappa shape index (κ3) is 4.97. The summed E-state index contributed by atoms with van der Waals surface area (Å²) in [6.07, 6.45) is 0. The molecule has 3 rings (SSSR count). The Morgan fingerprint density at radius 2 is 1.93 bits per heavy atom. The fraction of sp³-hybridized carbons (Fsp3) is 0.278. The number of halogens is 2. The summed E-state index contributed by atoms with van der Waals surface area (Å²) < 4.78 is 40.5. The molecule has 1 amide bonds. The van der Waals surface area contributed by atoms with E-state index in [1.807, 2.05) is 6.92 Å². The van der Waals surface area contributed by atoms with Gasteiger partial charge in [0, 0.05) is 36.9 Å². The number of piperazine rings is 1. The summed E-state index contributed by atoms with van der Waals surface area (Å²) in [5.74, 6) is -0.650. The number of benzene rings is 2. The van der Waals surface area contributed by atoms with Gasteiger partial charge in [0.25, 0.3) is 15.9 Å². The van der Waals surface area contributed by atoms with Crippen molar-refractivity contribution >= 4 is 34.0 Å². The van der Waals surface area contributed by atoms with Crippen molar-refractivity contribution in [3.63, 3.8) is 0 Å². The van der Waals surface area contributed by atoms with E-state index >= 15 is 0 Å². The topological polar surface area (TPSA) is 78.5 Å². The van der Waals surface area contributed by atoms with Crippen molar-refractivity contribution in [2.24, 2.45) is 0 Å². The highest BCUT2D eigenvalue weighted by atomic mass is 35.5. The van der Waals surface area contributed by atoms with E-state index in [-0.39, 0.29) is 34.9 Å². The molecule has 6 nitrogen and oxygen atoms in total. The molecule has 2 aromatic carbocycles. The summed E-state index contributed by atoms with van der Waals surface area (Å²) in [6, 6.07) is 11.0. The van der Waals surface area contributed by atoms with E-state index in [2.05, 4.69) is 10.0 Å². The summed E-state index contributed by atoms with van der Waals surface area (Å²) in [5.41, 5.74) is 0.569. The number of nitrogens with one attached hydrogen (secondary N) is 2. The largest absolute Gasteiger partial charge is 0.333 e. The van der Waals surface area contributed by atoms with Gasteiger partial charge in [-0.15, -0.1) is 12.4 Å². The molecule has 0 bridgehead atoms. The van der Waals surface area contributed by atoms with Crippen LogP contribution in [0.1, 0.15) is 17.3 Å². The number of carbonyl (C=O) groups excluding carboxylic acids is 1. The van der Waals surface area contributed by atoms with Gasteiger partial charge in [-0.3, -0.25) is 9.52 Å². The van der Waals surface area contributed by atoms with Crippen LogP contribution in [0.4, 0.5) is 10.1 Å². The molecule has 0 radical (unpaired) electrons. The highest BCUT2D eigenvalue weighted by Gasteiger charge is 2.25. The minimum Gasteiger partial charge on any atom is -0.333 e. The highest BCUT2D eigenvalue weighted by Crippen LogP contribution is 2.19. The Morgan fingerprint density at radius 3 is 2.59 bits per heavy atom. The highest BCUT2D eigenvalue weighted by molar-refractivity contribution is 7.92. The molecular weight excluding hydrogens is 393 g/mol. The fourth-order valence-corrected chi connectivity index (χ4v) is 3.94. The number of nitrogens with zero attached hydrogens (tertiary/aromatic N) is 1. The first-order valence-corrected chi connectivity index (χ1v) is 9.75. The predicted octanol–water partition coefficient (Wildman–Crippen LogP) is 2.48. The standard InChI is InChI=1S/C18H20FN3O3S.ClH/c1-13-12-20-9-10-22(13)18(23)14-3-2-4-17(11-14)26(24,25)21-16-7-5-15(19)6-8-16;/h2-8,11,13,20-21H,9-10,12H2,1H3;1H/t13-;/m1./s1. The molecule has 1 fully saturated rings. The Bertz CT molecular complexity index is 906. The Hall–Kier alpha value is -2.16. The number of amides is 1. The first kappa shape index (κ1) is 21.1. The van der Waals surface area contributed by atoms with E-state index in [1.54, 1.807) is 17.0 Å². The maximum Gasteiger partial charge on any atom is 0.261 e. The van der Waals surface area contributed by atoms with Gasteiger partial charge in [-0.2, -0.15) is 0 Å². The van der Waals surface area contributed by atoms with Gasteiger partial charge in [-0.05, 0) is 49.4 Å². The van der Waals surface area contributed by atoms with Crippen LogP contribution >= 0.6 is 12.4 Å². The number of sulfonamides is 1. The van der Waals surface area contributed by atoms with Crippen LogP contribution < -0.4 is 10.0 Å². The van der Waals surface area contributed by atoms with Crippen LogP contribution in [-0.2, 0) is 10.0 Å². The van der Waals surface area contributed by atoms with Crippen LogP contribution in [0.15, 0.2) is 53.4 Å². The summed E-state index contributed by atoms with van der Waals surface area (Å²) in [7, 11) is -3.88. The molecule has 0 spiro atoms. The van der Waals surface area contributed by atoms with E-state index in [0.29, 0.717) is 25.2 Å². The number of carbonyl (C=O) groups is 1. The van der Waals surface area contributed by atoms with E-state index in [0.717, 1.165) is 0 Å². The Morgan fingerprint density at radius 1 is 1.22 bits per heavy atom. The fourth-order valence-electron chi connectivity index (χ4n) is 2.84. The van der Waals surface area contributed by atoms with Gasteiger partial charge < -0.3 is 10.2 Å². The van der Waals surface area contributed by atoms with Crippen LogP contribution in [0.5, 0.6) is 0 Å². The van der Waals surface area contributed by atoms with Gasteiger partial charge in [-0.25, -0.2) is 12.8 Å². The number of anilines is 1. The van der Waals surface area contributed by atoms with E-state index in [4.69, 9.17) is 0 Å². The quantitative estimate of drug-likeness (QED) is 0.807. The molecule has 27 heavy (non-hydrogen) atoms. The van der Waals surface area contributed by atoms with Crippen molar-refractivity contribution in [1.82, 2.24) is 10.2 Å². The molecule has 0 aliphatic carbocycles. The van der Waals surface area contributed by atoms with Crippen molar-refractivity contribution in [3.8, 4) is 0 Å². The van der Waals surface area contributed by atoms with Gasteiger partial charge in [0.2, 0.25) is 0 Å². The summed E-state index contributed by atoms with van der Waals surface area (Å²) in [6.45, 7) is 3.93. The van der Waals surface area contributed by atoms with Crippen LogP contribution in [0, 0.1) is 5.82 Å². The maximum absolute atomic E-state index is 13.0. The molecule has 0 saturated carbocycles. The average Bonchev–Trinajstić information content (AvgIpc) is 2.63. The van der Waals surface area contributed by atoms with Crippen LogP contribution in [0.25, 0.3) is 0 Å². The van der Waals surface area contributed by atoms with Crippen molar-refractivity contribution < 1.29 is 17.6 Å². The van der Waals surface area contributed by atoms with Gasteiger partial charge in [0.1, 0.15) is 5.82 Å². The Balaban J connectivity index is 0.00000261. The van der Waals surface area contributed by atoms with E-state index in [9.17, 15) is 17.6 Å². The lowest BCUT2D eigenvalue weighted by Gasteiger charge is -2.34. The van der Waals surface area contributed by atoms with E-state index < -0.39 is 15.8 Å². The van der Waals surface area contributed by atoms with Crippen LogP contribution in [-0.4, -0.2) is 44.9 Å². The van der Waals surface area contributed by atoms with Crippen molar-refractivity contribution in [1.29, 1.82) is 0 Å². The molecule has 0 unspecified atom stereocenters. The molecule has 1 atom stereocenters. The molecule has 2 N–H and O–H groups in total. The zero-order chi connectivity index (χ0) is 18.7. The van der Waals surface area contributed by atoms with Gasteiger partial charge in [-0.1, -0.05) is 6.07 Å². The Kier molecular flexibility index (Phi) is 6.80. The zero-order valence-electron chi connectivity index (χ0n) is 14.7. The second-order valence-electron chi connectivity index (χ2n) is 6.19. The molecule has 0 aromatic heterocycles. The third-order valence-electron chi connectivity index (χ3n) is 4.25. The van der Waals surface area contributed by atoms with E-state index in [1.165, 1.54) is 36.4 Å². The predicted molar refractivity (Wildman–Crippen MR) is 104 cm³/mol. The van der Waals surface area contributed by atoms with Gasteiger partial charge >= 0.3 is 0 Å². The first-order chi connectivity index (χ1) is 12.4. The first-order valence-electron chi connectivity index (χ1n) is 8.27. The summed E-state index contributed by atoms with van der Waals surface area (Å²) in [4.78, 5) is 14.4. The molecule has 146 valence electrons. The Labute approximate surface area is 164 Å². The third-order valence-corrected chi connectivity index (χ3v) is 5.63. The number of hydrogen-bond acceptors (Lipinski definition) is 4. The summed E-state index contributed by atoms with van der Waals surface area (Å²) in [5, 5.41) is 3.21. The normalized spacial score (nSPS) is 17.1. The van der Waals surface area contributed by atoms with Crippen molar-refractivity contribution in [2.75, 3.05) is 24.4 Å². The smallest absolute Gasteiger partial charge is 0.261 e. The average molecular weight is 414 g/mol. The second-order valence-corrected chi connectivity index (χ2v) is 7.87. The zero-order valence-corrected chi connectivity index (χ0v) is 16.3. The molecule has 1 aliphatic heterocycles. The number of rotatable bonds is 4. The minimum absolute atomic E-state index is 0. The molecule has 1 aliphatic rings. The van der Waals surface area contributed by atoms with Crippen molar-refractivity contribution in [3.05, 3.63) is 59.9 Å². The number of hydrogen-bond donors (Lipinski definition) is 2. The minimum atomic E-state index is -3.88. The van der Waals surface area contributed by atoms with Crippen LogP contribution in [0.2, 0.25) is 0 Å². The SMILES string of the molecule is C[C@@H]1CNCCN1C(=O)c1cccc(S(=O)(=O)Nc2ccc(F)cc2)c1.Cl. The molecule has 2 aromatic rings. The van der Waals surface area contributed by atoms with Crippen LogP contribution in [0.3, 0.4) is 0 Å². The molecular formula is C18H21ClFN3O3S. The van der Waals surface area contributed by atoms with Crippen molar-refractivity contribution in [2.45, 2.75) is 17.9 Å².